The smallest absolute Gasteiger partial charge is 0.331 e. The highest BCUT2D eigenvalue weighted by molar-refractivity contribution is 7.90. The van der Waals surface area contributed by atoms with Crippen molar-refractivity contribution in [3.8, 4) is 0 Å². The Hall–Kier alpha value is -0.845. The van der Waals surface area contributed by atoms with E-state index in [2.05, 4.69) is 0 Å². The van der Waals surface area contributed by atoms with Crippen molar-refractivity contribution in [1.29, 1.82) is 0 Å². The molecule has 0 aliphatic rings. The highest BCUT2D eigenvalue weighted by Crippen LogP contribution is 2.24. The van der Waals surface area contributed by atoms with E-state index < -0.39 is 21.0 Å². The minimum absolute atomic E-state index is 0.282. The average Bonchev–Trinajstić information content (AvgIpc) is 2.24. The maximum absolute atomic E-state index is 11.3. The molecule has 0 unspecified atom stereocenters. The number of rotatable bonds is 5. The second-order valence-electron chi connectivity index (χ2n) is 5.71. The summed E-state index contributed by atoms with van der Waals surface area (Å²) in [6.45, 7) is 7.27. The highest BCUT2D eigenvalue weighted by atomic mass is 32.2. The van der Waals surface area contributed by atoms with Crippen molar-refractivity contribution in [1.82, 2.24) is 0 Å². The molecule has 2 N–H and O–H groups in total. The van der Waals surface area contributed by atoms with Gasteiger partial charge in [0.25, 0.3) is 0 Å². The minimum atomic E-state index is -3.17. The molecule has 19 heavy (non-hydrogen) atoms. The first-order valence-corrected chi connectivity index (χ1v) is 7.89. The molecule has 0 aliphatic heterocycles. The third-order valence-corrected chi connectivity index (χ3v) is 4.43. The van der Waals surface area contributed by atoms with Gasteiger partial charge < -0.3 is 9.76 Å². The molecule has 6 heteroatoms. The quantitative estimate of drug-likeness (QED) is 0.588. The molecule has 105 valence electrons. The van der Waals surface area contributed by atoms with Crippen LogP contribution in [0, 0.1) is 0 Å². The fraction of sp³-hybridized carbons (Fsp3) is 0.538. The van der Waals surface area contributed by atoms with E-state index in [1.165, 1.54) is 6.26 Å². The first-order valence-electron chi connectivity index (χ1n) is 6.00. The van der Waals surface area contributed by atoms with Gasteiger partial charge in [-0.3, -0.25) is 0 Å². The second-order valence-corrected chi connectivity index (χ2v) is 7.73. The molecule has 1 aromatic rings. The van der Waals surface area contributed by atoms with E-state index in [-0.39, 0.29) is 4.90 Å². The van der Waals surface area contributed by atoms with Crippen molar-refractivity contribution in [3.63, 3.8) is 0 Å². The summed E-state index contributed by atoms with van der Waals surface area (Å²) in [7, 11) is -1.61. The molecule has 0 atom stereocenters. The SMILES string of the molecule is CC(C)([OH2+])C(C)(C)O[B]c1ccc(S(C)(=O)=O)cc1. The summed E-state index contributed by atoms with van der Waals surface area (Å²) in [5.41, 5.74) is -0.608. The lowest BCUT2D eigenvalue weighted by molar-refractivity contribution is -0.0893. The van der Waals surface area contributed by atoms with E-state index in [0.29, 0.717) is 0 Å². The van der Waals surface area contributed by atoms with Gasteiger partial charge >= 0.3 is 7.48 Å². The molecule has 4 nitrogen and oxygen atoms in total. The summed E-state index contributed by atoms with van der Waals surface area (Å²) in [5, 5.41) is 7.99. The van der Waals surface area contributed by atoms with Gasteiger partial charge in [-0.2, -0.15) is 0 Å². The van der Waals surface area contributed by atoms with Gasteiger partial charge in [0.2, 0.25) is 0 Å². The van der Waals surface area contributed by atoms with Crippen LogP contribution in [0.3, 0.4) is 0 Å². The maximum atomic E-state index is 11.3. The van der Waals surface area contributed by atoms with Crippen LogP contribution in [-0.4, -0.2) is 38.5 Å². The first kappa shape index (κ1) is 16.2. The van der Waals surface area contributed by atoms with Gasteiger partial charge in [-0.15, -0.1) is 0 Å². The minimum Gasteiger partial charge on any atom is -0.439 e. The van der Waals surface area contributed by atoms with Crippen LogP contribution >= 0.6 is 0 Å². The molecule has 0 amide bonds. The van der Waals surface area contributed by atoms with Crippen LogP contribution < -0.4 is 5.46 Å². The number of hydrogen-bond donors (Lipinski definition) is 0. The summed E-state index contributed by atoms with van der Waals surface area (Å²) in [6.07, 6.45) is 1.17. The number of hydrogen-bond acceptors (Lipinski definition) is 3. The predicted octanol–water partition coefficient (Wildman–Crippen LogP) is 0.633. The topological polar surface area (TPSA) is 66.3 Å². The molecule has 1 aromatic carbocycles. The van der Waals surface area contributed by atoms with Gasteiger partial charge in [0.15, 0.2) is 15.4 Å². The lowest BCUT2D eigenvalue weighted by Crippen LogP contribution is -2.49. The Morgan fingerprint density at radius 2 is 1.58 bits per heavy atom. The summed E-state index contributed by atoms with van der Waals surface area (Å²) in [4.78, 5) is 0.282. The average molecular weight is 284 g/mol. The van der Waals surface area contributed by atoms with Crippen LogP contribution in [0.15, 0.2) is 29.2 Å². The molecule has 0 aliphatic carbocycles. The zero-order valence-electron chi connectivity index (χ0n) is 12.0. The molecule has 0 fully saturated rings. The van der Waals surface area contributed by atoms with Crippen LogP contribution in [-0.2, 0) is 14.5 Å². The normalized spacial score (nSPS) is 13.4. The fourth-order valence-electron chi connectivity index (χ4n) is 1.16. The first-order chi connectivity index (χ1) is 8.43. The third-order valence-electron chi connectivity index (χ3n) is 3.30. The van der Waals surface area contributed by atoms with Crippen molar-refractivity contribution in [3.05, 3.63) is 24.3 Å². The second kappa shape index (κ2) is 5.27. The Morgan fingerprint density at radius 1 is 1.11 bits per heavy atom. The lowest BCUT2D eigenvalue weighted by Gasteiger charge is -2.33. The summed E-state index contributed by atoms with van der Waals surface area (Å²) in [6, 6.07) is 6.46. The van der Waals surface area contributed by atoms with E-state index >= 15 is 0 Å². The summed E-state index contributed by atoms with van der Waals surface area (Å²) < 4.78 is 28.3. The zero-order valence-corrected chi connectivity index (χ0v) is 12.8. The highest BCUT2D eigenvalue weighted by Gasteiger charge is 2.40. The van der Waals surface area contributed by atoms with Crippen molar-refractivity contribution in [2.75, 3.05) is 6.26 Å². The van der Waals surface area contributed by atoms with Crippen molar-refractivity contribution < 1.29 is 18.2 Å². The van der Waals surface area contributed by atoms with E-state index in [1.807, 2.05) is 13.8 Å². The molecule has 0 aromatic heterocycles. The van der Waals surface area contributed by atoms with Crippen LogP contribution in [0.25, 0.3) is 0 Å². The Kier molecular flexibility index (Phi) is 4.49. The van der Waals surface area contributed by atoms with E-state index in [4.69, 9.17) is 9.76 Å². The predicted molar refractivity (Wildman–Crippen MR) is 77.8 cm³/mol. The van der Waals surface area contributed by atoms with Gasteiger partial charge in [-0.05, 0) is 26.0 Å². The molecule has 1 rings (SSSR count). The van der Waals surface area contributed by atoms with Crippen molar-refractivity contribution in [2.45, 2.75) is 43.8 Å². The van der Waals surface area contributed by atoms with E-state index in [0.717, 1.165) is 5.46 Å². The number of benzene rings is 1. The molecule has 0 saturated heterocycles. The van der Waals surface area contributed by atoms with Gasteiger partial charge in [0, 0.05) is 20.1 Å². The Bertz CT molecular complexity index is 527. The monoisotopic (exact) mass is 284 g/mol. The Morgan fingerprint density at radius 3 is 1.95 bits per heavy atom. The maximum Gasteiger partial charge on any atom is 0.331 e. The van der Waals surface area contributed by atoms with Crippen LogP contribution in [0.2, 0.25) is 0 Å². The molecule has 0 spiro atoms. The zero-order chi connectivity index (χ0) is 14.9. The van der Waals surface area contributed by atoms with Gasteiger partial charge in [-0.25, -0.2) is 8.42 Å². The van der Waals surface area contributed by atoms with Crippen LogP contribution in [0.4, 0.5) is 0 Å². The van der Waals surface area contributed by atoms with Gasteiger partial charge in [0.05, 0.1) is 4.90 Å². The number of sulfone groups is 1. The van der Waals surface area contributed by atoms with E-state index in [1.54, 1.807) is 45.6 Å². The Balaban J connectivity index is 2.76. The fourth-order valence-corrected chi connectivity index (χ4v) is 1.79. The molecule has 0 saturated carbocycles. The molecular weight excluding hydrogens is 263 g/mol. The van der Waals surface area contributed by atoms with Gasteiger partial charge in [-0.1, -0.05) is 17.6 Å². The van der Waals surface area contributed by atoms with Gasteiger partial charge in [0.1, 0.15) is 5.60 Å². The molecular formula is C13H21BO4S+. The summed E-state index contributed by atoms with van der Waals surface area (Å²) in [5.74, 6) is 0. The molecule has 0 heterocycles. The lowest BCUT2D eigenvalue weighted by atomic mass is 9.83. The standard InChI is InChI=1S/C13H20BO4S/c1-12(2,15)13(3,4)18-14-10-6-8-11(9-7-10)19(5,16)17/h6-9,15H,1-5H3/p+1. The largest absolute Gasteiger partial charge is 0.439 e. The summed E-state index contributed by atoms with van der Waals surface area (Å²) >= 11 is 0. The Labute approximate surface area is 116 Å². The van der Waals surface area contributed by atoms with Crippen LogP contribution in [0.1, 0.15) is 27.7 Å². The van der Waals surface area contributed by atoms with Crippen LogP contribution in [0.5, 0.6) is 0 Å². The van der Waals surface area contributed by atoms with E-state index in [9.17, 15) is 8.42 Å². The third kappa shape index (κ3) is 4.33. The van der Waals surface area contributed by atoms with Crippen molar-refractivity contribution in [2.24, 2.45) is 0 Å². The van der Waals surface area contributed by atoms with Crippen molar-refractivity contribution >= 4 is 22.8 Å². The molecule has 1 radical (unpaired) electrons. The molecule has 0 bridgehead atoms.